The number of carbonyl (C=O) groups is 2. The predicted molar refractivity (Wildman–Crippen MR) is 139 cm³/mol. The Balaban J connectivity index is 1.31. The number of hydrogen-bond donors (Lipinski definition) is 0. The van der Waals surface area contributed by atoms with Gasteiger partial charge in [0, 0.05) is 44.5 Å². The number of benzene rings is 1. The Labute approximate surface area is 214 Å². The SMILES string of the molecule is C[C@H]1Oc2ccccc2CCCCC2(CCN(C(=O)c3cnc4sccn4c3=O)CC2)CN(C)C1=O. The van der Waals surface area contributed by atoms with Gasteiger partial charge in [-0.15, -0.1) is 11.3 Å². The minimum atomic E-state index is -0.568. The average molecular weight is 509 g/mol. The van der Waals surface area contributed by atoms with Crippen LogP contribution in [0.15, 0.2) is 46.8 Å². The lowest BCUT2D eigenvalue weighted by Crippen LogP contribution is -2.50. The molecule has 1 atom stereocenters. The predicted octanol–water partition coefficient (Wildman–Crippen LogP) is 3.63. The van der Waals surface area contributed by atoms with Crippen LogP contribution < -0.4 is 10.3 Å². The number of likely N-dealkylation sites (N-methyl/N-ethyl adjacent to an activating group) is 1. The smallest absolute Gasteiger partial charge is 0.271 e. The van der Waals surface area contributed by atoms with Crippen molar-refractivity contribution in [2.75, 3.05) is 26.7 Å². The lowest BCUT2D eigenvalue weighted by molar-refractivity contribution is -0.138. The Morgan fingerprint density at radius 1 is 1.14 bits per heavy atom. The zero-order valence-electron chi connectivity index (χ0n) is 20.8. The number of amides is 2. The molecule has 5 rings (SSSR count). The highest BCUT2D eigenvalue weighted by Gasteiger charge is 2.39. The first-order valence-corrected chi connectivity index (χ1v) is 13.5. The normalized spacial score (nSPS) is 20.9. The van der Waals surface area contributed by atoms with Gasteiger partial charge < -0.3 is 14.5 Å². The van der Waals surface area contributed by atoms with Crippen molar-refractivity contribution < 1.29 is 14.3 Å². The topological polar surface area (TPSA) is 84.2 Å². The van der Waals surface area contributed by atoms with E-state index in [9.17, 15) is 14.4 Å². The van der Waals surface area contributed by atoms with Crippen molar-refractivity contribution in [3.05, 3.63) is 63.5 Å². The number of fused-ring (bicyclic) bond motifs is 2. The molecule has 1 spiro atoms. The van der Waals surface area contributed by atoms with Crippen LogP contribution in [0.4, 0.5) is 0 Å². The summed E-state index contributed by atoms with van der Waals surface area (Å²) in [5, 5.41) is 1.79. The monoisotopic (exact) mass is 508 g/mol. The molecule has 3 aromatic rings. The highest BCUT2D eigenvalue weighted by molar-refractivity contribution is 7.15. The number of hydrogen-bond acceptors (Lipinski definition) is 6. The molecule has 1 saturated heterocycles. The number of nitrogens with zero attached hydrogens (tertiary/aromatic N) is 4. The van der Waals surface area contributed by atoms with Crippen molar-refractivity contribution in [1.82, 2.24) is 19.2 Å². The first-order valence-electron chi connectivity index (χ1n) is 12.6. The van der Waals surface area contributed by atoms with Crippen molar-refractivity contribution >= 4 is 28.1 Å². The zero-order chi connectivity index (χ0) is 25.3. The third kappa shape index (κ3) is 4.76. The third-order valence-electron chi connectivity index (χ3n) is 7.66. The Bertz CT molecular complexity index is 1320. The van der Waals surface area contributed by atoms with Crippen molar-refractivity contribution in [2.24, 2.45) is 5.41 Å². The number of likely N-dealkylation sites (tertiary alicyclic amines) is 1. The van der Waals surface area contributed by atoms with Crippen LogP contribution in [0, 0.1) is 5.41 Å². The van der Waals surface area contributed by atoms with Crippen LogP contribution in [0.2, 0.25) is 0 Å². The lowest BCUT2D eigenvalue weighted by Gasteiger charge is -2.44. The molecule has 0 bridgehead atoms. The molecule has 4 heterocycles. The van der Waals surface area contributed by atoms with E-state index in [4.69, 9.17) is 4.74 Å². The van der Waals surface area contributed by atoms with Gasteiger partial charge in [-0.3, -0.25) is 18.8 Å². The molecule has 2 aromatic heterocycles. The van der Waals surface area contributed by atoms with E-state index in [-0.39, 0.29) is 28.4 Å². The Morgan fingerprint density at radius 3 is 2.72 bits per heavy atom. The number of aryl methyl sites for hydroxylation is 1. The lowest BCUT2D eigenvalue weighted by atomic mass is 9.73. The quantitative estimate of drug-likeness (QED) is 0.501. The third-order valence-corrected chi connectivity index (χ3v) is 8.43. The number of aromatic nitrogens is 2. The number of carbonyl (C=O) groups excluding carboxylic acids is 2. The fraction of sp³-hybridized carbons (Fsp3) is 0.481. The van der Waals surface area contributed by atoms with Crippen LogP contribution >= 0.6 is 11.3 Å². The molecule has 1 fully saturated rings. The molecular formula is C27H32N4O4S. The van der Waals surface area contributed by atoms with E-state index in [1.54, 1.807) is 21.4 Å². The maximum Gasteiger partial charge on any atom is 0.271 e. The summed E-state index contributed by atoms with van der Waals surface area (Å²) in [5.74, 6) is 0.491. The number of piperidine rings is 1. The van der Waals surface area contributed by atoms with Gasteiger partial charge in [-0.2, -0.15) is 0 Å². The highest BCUT2D eigenvalue weighted by Crippen LogP contribution is 2.38. The molecule has 190 valence electrons. The summed E-state index contributed by atoms with van der Waals surface area (Å²) in [4.78, 5) is 47.6. The summed E-state index contributed by atoms with van der Waals surface area (Å²) in [5.41, 5.74) is 0.858. The first-order chi connectivity index (χ1) is 17.4. The van der Waals surface area contributed by atoms with Gasteiger partial charge in [-0.25, -0.2) is 4.98 Å². The van der Waals surface area contributed by atoms with Crippen molar-refractivity contribution in [2.45, 2.75) is 51.6 Å². The summed E-state index contributed by atoms with van der Waals surface area (Å²) < 4.78 is 7.51. The van der Waals surface area contributed by atoms with Gasteiger partial charge in [0.05, 0.1) is 0 Å². The van der Waals surface area contributed by atoms with Crippen LogP contribution in [0.1, 0.15) is 54.9 Å². The second kappa shape index (κ2) is 10.0. The summed E-state index contributed by atoms with van der Waals surface area (Å²) in [6.07, 6.45) is 8.06. The van der Waals surface area contributed by atoms with Crippen LogP contribution in [0.25, 0.3) is 4.96 Å². The van der Waals surface area contributed by atoms with Crippen LogP contribution in [0.3, 0.4) is 0 Å². The number of thiazole rings is 1. The fourth-order valence-corrected chi connectivity index (χ4v) is 6.26. The van der Waals surface area contributed by atoms with Gasteiger partial charge in [0.2, 0.25) is 0 Å². The maximum atomic E-state index is 13.2. The van der Waals surface area contributed by atoms with Gasteiger partial charge in [0.1, 0.15) is 11.3 Å². The van der Waals surface area contributed by atoms with Gasteiger partial charge in [0.15, 0.2) is 11.1 Å². The molecule has 8 nitrogen and oxygen atoms in total. The molecular weight excluding hydrogens is 476 g/mol. The second-order valence-corrected chi connectivity index (χ2v) is 11.0. The minimum absolute atomic E-state index is 0.0357. The zero-order valence-corrected chi connectivity index (χ0v) is 21.6. The molecule has 0 N–H and O–H groups in total. The van der Waals surface area contributed by atoms with Gasteiger partial charge in [-0.05, 0) is 56.1 Å². The van der Waals surface area contributed by atoms with E-state index in [0.29, 0.717) is 24.6 Å². The molecule has 36 heavy (non-hydrogen) atoms. The summed E-state index contributed by atoms with van der Waals surface area (Å²) in [6.45, 7) is 3.56. The Kier molecular flexibility index (Phi) is 6.83. The van der Waals surface area contributed by atoms with E-state index in [0.717, 1.165) is 49.8 Å². The molecule has 0 unspecified atom stereocenters. The highest BCUT2D eigenvalue weighted by atomic mass is 32.1. The van der Waals surface area contributed by atoms with Crippen LogP contribution in [0.5, 0.6) is 5.75 Å². The van der Waals surface area contributed by atoms with Crippen LogP contribution in [-0.4, -0.2) is 63.8 Å². The van der Waals surface area contributed by atoms with Crippen molar-refractivity contribution in [3.8, 4) is 5.75 Å². The van der Waals surface area contributed by atoms with E-state index < -0.39 is 6.10 Å². The molecule has 2 aliphatic heterocycles. The van der Waals surface area contributed by atoms with Crippen molar-refractivity contribution in [3.63, 3.8) is 0 Å². The maximum absolute atomic E-state index is 13.2. The second-order valence-electron chi connectivity index (χ2n) is 10.1. The summed E-state index contributed by atoms with van der Waals surface area (Å²) >= 11 is 1.36. The number of rotatable bonds is 1. The summed E-state index contributed by atoms with van der Waals surface area (Å²) in [6, 6.07) is 7.97. The van der Waals surface area contributed by atoms with Crippen molar-refractivity contribution in [1.29, 1.82) is 0 Å². The first kappa shape index (κ1) is 24.5. The van der Waals surface area contributed by atoms with E-state index in [1.807, 2.05) is 32.2 Å². The summed E-state index contributed by atoms with van der Waals surface area (Å²) in [7, 11) is 1.85. The minimum Gasteiger partial charge on any atom is -0.481 e. The standard InChI is InChI=1S/C27H32N4O4S/c1-19-23(32)29(2)18-27(10-6-5-8-20-7-3-4-9-22(20)35-19)11-13-30(14-12-27)24(33)21-17-28-26-31(25(21)34)15-16-36-26/h3-4,7,9,15-17,19H,5-6,8,10-14,18H2,1-2H3/t19-/m1/s1. The molecule has 1 aromatic carbocycles. The van der Waals surface area contributed by atoms with E-state index in [1.165, 1.54) is 21.9 Å². The van der Waals surface area contributed by atoms with Gasteiger partial charge >= 0.3 is 0 Å². The molecule has 2 amide bonds. The van der Waals surface area contributed by atoms with Crippen LogP contribution in [-0.2, 0) is 11.2 Å². The Hall–Kier alpha value is -3.20. The van der Waals surface area contributed by atoms with Gasteiger partial charge in [0.25, 0.3) is 17.4 Å². The van der Waals surface area contributed by atoms with E-state index in [2.05, 4.69) is 11.1 Å². The largest absolute Gasteiger partial charge is 0.481 e. The molecule has 0 radical (unpaired) electrons. The molecule has 2 aliphatic rings. The molecule has 0 saturated carbocycles. The molecule has 0 aliphatic carbocycles. The Morgan fingerprint density at radius 2 is 1.92 bits per heavy atom. The number of ether oxygens (including phenoxy) is 1. The average Bonchev–Trinajstić information content (AvgIpc) is 3.37. The van der Waals surface area contributed by atoms with E-state index >= 15 is 0 Å². The van der Waals surface area contributed by atoms with Gasteiger partial charge in [-0.1, -0.05) is 24.6 Å². The fourth-order valence-electron chi connectivity index (χ4n) is 5.59. The molecule has 9 heteroatoms. The number of para-hydroxylation sites is 1.